The summed E-state index contributed by atoms with van der Waals surface area (Å²) in [6.07, 6.45) is 2.82. The van der Waals surface area contributed by atoms with Crippen LogP contribution in [0.2, 0.25) is 0 Å². The molecule has 2 aromatic carbocycles. The molecule has 1 aliphatic carbocycles. The lowest BCUT2D eigenvalue weighted by Crippen LogP contribution is -2.47. The number of hydrogen-bond donors (Lipinski definition) is 2. The second kappa shape index (κ2) is 7.29. The quantitative estimate of drug-likeness (QED) is 0.859. The lowest BCUT2D eigenvalue weighted by molar-refractivity contribution is 0.131. The number of fused-ring (bicyclic) bond motifs is 1. The molecule has 0 spiro atoms. The van der Waals surface area contributed by atoms with Crippen LogP contribution in [0.3, 0.4) is 0 Å². The molecule has 1 aliphatic heterocycles. The van der Waals surface area contributed by atoms with E-state index < -0.39 is 0 Å². The Morgan fingerprint density at radius 3 is 2.19 bits per heavy atom. The normalized spacial score (nSPS) is 22.9. The molecule has 4 rings (SSSR count). The summed E-state index contributed by atoms with van der Waals surface area (Å²) in [6, 6.07) is 11.3. The van der Waals surface area contributed by atoms with Gasteiger partial charge in [0.15, 0.2) is 0 Å². The van der Waals surface area contributed by atoms with Gasteiger partial charge in [0, 0.05) is 30.9 Å². The number of aliphatic hydroxyl groups excluding tert-OH is 1. The second-order valence-corrected chi connectivity index (χ2v) is 8.41. The fraction of sp³-hybridized carbons (Fsp3) is 0.500. The zero-order valence-corrected chi connectivity index (χ0v) is 17.0. The number of nitrogens with zero attached hydrogens (tertiary/aromatic N) is 1. The largest absolute Gasteiger partial charge is 0.387 e. The fourth-order valence-corrected chi connectivity index (χ4v) is 5.01. The predicted molar refractivity (Wildman–Crippen MR) is 113 cm³/mol. The van der Waals surface area contributed by atoms with E-state index in [1.54, 1.807) is 0 Å². The first kappa shape index (κ1) is 18.5. The zero-order valence-electron chi connectivity index (χ0n) is 17.0. The summed E-state index contributed by atoms with van der Waals surface area (Å²) in [4.78, 5) is 2.47. The van der Waals surface area contributed by atoms with E-state index >= 15 is 0 Å². The molecular formula is C24H32N2O. The van der Waals surface area contributed by atoms with Crippen LogP contribution in [0.4, 0.5) is 5.69 Å². The smallest absolute Gasteiger partial charge is 0.0951 e. The van der Waals surface area contributed by atoms with Gasteiger partial charge in [-0.05, 0) is 92.5 Å². The number of benzene rings is 2. The van der Waals surface area contributed by atoms with E-state index in [2.05, 4.69) is 68.2 Å². The van der Waals surface area contributed by atoms with Crippen molar-refractivity contribution in [1.82, 2.24) is 5.32 Å². The van der Waals surface area contributed by atoms with Crippen LogP contribution < -0.4 is 10.2 Å². The number of anilines is 1. The number of nitrogens with one attached hydrogen (secondary N) is 1. The van der Waals surface area contributed by atoms with Crippen molar-refractivity contribution in [3.05, 3.63) is 63.7 Å². The van der Waals surface area contributed by atoms with Gasteiger partial charge >= 0.3 is 0 Å². The van der Waals surface area contributed by atoms with Gasteiger partial charge in [0.05, 0.1) is 6.10 Å². The van der Waals surface area contributed by atoms with Crippen LogP contribution in [-0.4, -0.2) is 30.3 Å². The van der Waals surface area contributed by atoms with Crippen molar-refractivity contribution in [2.45, 2.75) is 65.1 Å². The molecule has 3 heteroatoms. The standard InChI is InChI=1S/C24H32N2O/c1-15-16(2)18(4)23-21(17(15)3)14-22(24(23)27)25-19-10-12-26(13-11-19)20-8-6-5-7-9-20/h5-9,19,22,24-25,27H,10-14H2,1-4H3. The van der Waals surface area contributed by atoms with Crippen LogP contribution in [-0.2, 0) is 6.42 Å². The highest BCUT2D eigenvalue weighted by atomic mass is 16.3. The van der Waals surface area contributed by atoms with Crippen LogP contribution >= 0.6 is 0 Å². The summed E-state index contributed by atoms with van der Waals surface area (Å²) in [7, 11) is 0. The van der Waals surface area contributed by atoms with Crippen LogP contribution in [0, 0.1) is 27.7 Å². The summed E-state index contributed by atoms with van der Waals surface area (Å²) < 4.78 is 0. The Kier molecular flexibility index (Phi) is 5.00. The minimum Gasteiger partial charge on any atom is -0.387 e. The molecule has 1 heterocycles. The maximum Gasteiger partial charge on any atom is 0.0951 e. The zero-order chi connectivity index (χ0) is 19.1. The van der Waals surface area contributed by atoms with Crippen molar-refractivity contribution in [3.8, 4) is 0 Å². The average molecular weight is 365 g/mol. The van der Waals surface area contributed by atoms with Crippen molar-refractivity contribution >= 4 is 5.69 Å². The van der Waals surface area contributed by atoms with Crippen molar-refractivity contribution in [2.24, 2.45) is 0 Å². The minimum absolute atomic E-state index is 0.145. The minimum atomic E-state index is -0.384. The van der Waals surface area contributed by atoms with Crippen LogP contribution in [0.15, 0.2) is 30.3 Å². The Morgan fingerprint density at radius 1 is 0.889 bits per heavy atom. The highest BCUT2D eigenvalue weighted by molar-refractivity contribution is 5.54. The van der Waals surface area contributed by atoms with Gasteiger partial charge in [0.2, 0.25) is 0 Å². The van der Waals surface area contributed by atoms with E-state index in [0.717, 1.165) is 32.4 Å². The second-order valence-electron chi connectivity index (χ2n) is 8.41. The van der Waals surface area contributed by atoms with Crippen molar-refractivity contribution in [1.29, 1.82) is 0 Å². The third kappa shape index (κ3) is 3.28. The summed E-state index contributed by atoms with van der Waals surface area (Å²) in [5.41, 5.74) is 9.26. The van der Waals surface area contributed by atoms with E-state index in [1.165, 1.54) is 39.1 Å². The number of para-hydroxylation sites is 1. The molecule has 0 saturated carbocycles. The van der Waals surface area contributed by atoms with Gasteiger partial charge in [-0.3, -0.25) is 0 Å². The van der Waals surface area contributed by atoms with Gasteiger partial charge in [-0.2, -0.15) is 0 Å². The lowest BCUT2D eigenvalue weighted by Gasteiger charge is -2.35. The highest BCUT2D eigenvalue weighted by Crippen LogP contribution is 2.39. The van der Waals surface area contributed by atoms with E-state index in [9.17, 15) is 5.11 Å². The Hall–Kier alpha value is -1.84. The topological polar surface area (TPSA) is 35.5 Å². The van der Waals surface area contributed by atoms with E-state index in [-0.39, 0.29) is 12.1 Å². The first-order chi connectivity index (χ1) is 13.0. The molecule has 0 amide bonds. The monoisotopic (exact) mass is 364 g/mol. The molecule has 2 aliphatic rings. The third-order valence-corrected chi connectivity index (χ3v) is 7.04. The number of rotatable bonds is 3. The van der Waals surface area contributed by atoms with Gasteiger partial charge < -0.3 is 15.3 Å². The molecule has 1 saturated heterocycles. The van der Waals surface area contributed by atoms with E-state index in [0.29, 0.717) is 6.04 Å². The number of hydrogen-bond acceptors (Lipinski definition) is 3. The molecule has 2 unspecified atom stereocenters. The first-order valence-electron chi connectivity index (χ1n) is 10.3. The van der Waals surface area contributed by atoms with E-state index in [1.807, 2.05) is 0 Å². The molecule has 0 bridgehead atoms. The van der Waals surface area contributed by atoms with Gasteiger partial charge in [0.1, 0.15) is 0 Å². The Labute approximate surface area is 163 Å². The first-order valence-corrected chi connectivity index (χ1v) is 10.3. The highest BCUT2D eigenvalue weighted by Gasteiger charge is 2.36. The molecule has 2 N–H and O–H groups in total. The molecule has 144 valence electrons. The SMILES string of the molecule is Cc1c(C)c(C)c2c(c1C)CC(NC1CCN(c3ccccc3)CC1)C2O. The van der Waals surface area contributed by atoms with Gasteiger partial charge in [0.25, 0.3) is 0 Å². The van der Waals surface area contributed by atoms with Crippen LogP contribution in [0.5, 0.6) is 0 Å². The van der Waals surface area contributed by atoms with Crippen LogP contribution in [0.25, 0.3) is 0 Å². The third-order valence-electron chi connectivity index (χ3n) is 7.04. The lowest BCUT2D eigenvalue weighted by atomic mass is 9.90. The Balaban J connectivity index is 1.43. The summed E-state index contributed by atoms with van der Waals surface area (Å²) in [5.74, 6) is 0. The maximum absolute atomic E-state index is 11.0. The van der Waals surface area contributed by atoms with Gasteiger partial charge in [-0.15, -0.1) is 0 Å². The van der Waals surface area contributed by atoms with Gasteiger partial charge in [-0.1, -0.05) is 18.2 Å². The Bertz CT molecular complexity index is 822. The van der Waals surface area contributed by atoms with Crippen LogP contribution in [0.1, 0.15) is 52.3 Å². The van der Waals surface area contributed by atoms with E-state index in [4.69, 9.17) is 0 Å². The predicted octanol–water partition coefficient (Wildman–Crippen LogP) is 4.14. The summed E-state index contributed by atoms with van der Waals surface area (Å²) >= 11 is 0. The number of aliphatic hydroxyl groups is 1. The molecule has 0 radical (unpaired) electrons. The average Bonchev–Trinajstić information content (AvgIpc) is 3.02. The Morgan fingerprint density at radius 2 is 1.52 bits per heavy atom. The van der Waals surface area contributed by atoms with Crippen molar-refractivity contribution in [2.75, 3.05) is 18.0 Å². The summed E-state index contributed by atoms with van der Waals surface area (Å²) in [6.45, 7) is 10.9. The molecule has 2 atom stereocenters. The molecule has 3 nitrogen and oxygen atoms in total. The van der Waals surface area contributed by atoms with Crippen molar-refractivity contribution < 1.29 is 5.11 Å². The molecule has 2 aromatic rings. The molecular weight excluding hydrogens is 332 g/mol. The van der Waals surface area contributed by atoms with Crippen molar-refractivity contribution in [3.63, 3.8) is 0 Å². The summed E-state index contributed by atoms with van der Waals surface area (Å²) in [5, 5.41) is 14.9. The maximum atomic E-state index is 11.0. The number of piperidine rings is 1. The van der Waals surface area contributed by atoms with Gasteiger partial charge in [-0.25, -0.2) is 0 Å². The molecule has 27 heavy (non-hydrogen) atoms. The molecule has 0 aromatic heterocycles. The molecule has 1 fully saturated rings. The fourth-order valence-electron chi connectivity index (χ4n) is 5.01.